The number of non-ortho nitro benzene ring substituents is 1. The summed E-state index contributed by atoms with van der Waals surface area (Å²) in [5.74, 6) is -0.409. The lowest BCUT2D eigenvalue weighted by Gasteiger charge is -2.24. The number of hydrogen-bond acceptors (Lipinski definition) is 6. The minimum atomic E-state index is -4.05. The maximum absolute atomic E-state index is 13.4. The Morgan fingerprint density at radius 3 is 2.34 bits per heavy atom. The van der Waals surface area contributed by atoms with Gasteiger partial charge in [-0.05, 0) is 42.7 Å². The number of anilines is 1. The van der Waals surface area contributed by atoms with Gasteiger partial charge in [-0.1, -0.05) is 55.8 Å². The van der Waals surface area contributed by atoms with Crippen molar-refractivity contribution in [1.29, 1.82) is 0 Å². The molecule has 0 radical (unpaired) electrons. The van der Waals surface area contributed by atoms with Crippen LogP contribution in [0.25, 0.3) is 0 Å². The molecule has 0 aromatic heterocycles. The Morgan fingerprint density at radius 2 is 1.74 bits per heavy atom. The summed E-state index contributed by atoms with van der Waals surface area (Å²) in [5, 5.41) is 14.7. The van der Waals surface area contributed by atoms with Gasteiger partial charge < -0.3 is 0 Å². The van der Waals surface area contributed by atoms with Gasteiger partial charge in [0, 0.05) is 17.7 Å². The average Bonchev–Trinajstić information content (AvgIpc) is 2.83. The van der Waals surface area contributed by atoms with E-state index in [1.807, 2.05) is 32.9 Å². The molecule has 0 aliphatic heterocycles. The standard InChI is InChI=1S/C25H26N4O5S/c1-18(2)21-9-11-22(12-10-21)28(35(33,34)24-13-7-19(3)8-14-24)17-25(30)27-26-16-20-5-4-6-23(15-20)29(31)32/h4-16,18H,17H2,1-3H3,(H,27,30)/b26-16-. The monoisotopic (exact) mass is 494 g/mol. The van der Waals surface area contributed by atoms with Crippen molar-refractivity contribution < 1.29 is 18.1 Å². The van der Waals surface area contributed by atoms with Crippen LogP contribution in [0.15, 0.2) is 82.8 Å². The van der Waals surface area contributed by atoms with Gasteiger partial charge >= 0.3 is 0 Å². The molecule has 35 heavy (non-hydrogen) atoms. The normalized spacial score (nSPS) is 11.5. The second kappa shape index (κ2) is 10.9. The first-order chi connectivity index (χ1) is 16.6. The summed E-state index contributed by atoms with van der Waals surface area (Å²) >= 11 is 0. The van der Waals surface area contributed by atoms with Crippen LogP contribution in [0.1, 0.15) is 36.5 Å². The Hall–Kier alpha value is -4.05. The first-order valence-electron chi connectivity index (χ1n) is 10.8. The summed E-state index contributed by atoms with van der Waals surface area (Å²) in [6.07, 6.45) is 1.25. The predicted molar refractivity (Wildman–Crippen MR) is 135 cm³/mol. The average molecular weight is 495 g/mol. The third-order valence-electron chi connectivity index (χ3n) is 5.23. The van der Waals surface area contributed by atoms with Gasteiger partial charge in [-0.25, -0.2) is 13.8 Å². The molecule has 10 heteroatoms. The van der Waals surface area contributed by atoms with Gasteiger partial charge in [-0.3, -0.25) is 19.2 Å². The zero-order chi connectivity index (χ0) is 25.6. The van der Waals surface area contributed by atoms with Crippen LogP contribution in [0.5, 0.6) is 0 Å². The van der Waals surface area contributed by atoms with Crippen molar-refractivity contribution in [3.05, 3.63) is 99.6 Å². The van der Waals surface area contributed by atoms with E-state index < -0.39 is 27.4 Å². The molecule has 3 aromatic rings. The zero-order valence-corrected chi connectivity index (χ0v) is 20.4. The molecule has 0 saturated carbocycles. The number of carbonyl (C=O) groups is 1. The van der Waals surface area contributed by atoms with Crippen molar-refractivity contribution in [2.75, 3.05) is 10.8 Å². The highest BCUT2D eigenvalue weighted by molar-refractivity contribution is 7.92. The molecule has 3 rings (SSSR count). The molecule has 0 heterocycles. The summed E-state index contributed by atoms with van der Waals surface area (Å²) in [6.45, 7) is 5.40. The van der Waals surface area contributed by atoms with Crippen LogP contribution in [0.4, 0.5) is 11.4 Å². The van der Waals surface area contributed by atoms with Crippen molar-refractivity contribution in [2.24, 2.45) is 5.10 Å². The molecule has 0 aliphatic rings. The highest BCUT2D eigenvalue weighted by atomic mass is 32.2. The van der Waals surface area contributed by atoms with Crippen LogP contribution >= 0.6 is 0 Å². The molecular weight excluding hydrogens is 468 g/mol. The first kappa shape index (κ1) is 25.6. The number of nitro groups is 1. The SMILES string of the molecule is Cc1ccc(S(=O)(=O)N(CC(=O)N/N=C\c2cccc([N+](=O)[O-])c2)c2ccc(C(C)C)cc2)cc1. The fourth-order valence-corrected chi connectivity index (χ4v) is 4.66. The number of sulfonamides is 1. The summed E-state index contributed by atoms with van der Waals surface area (Å²) in [5.41, 5.74) is 4.88. The molecule has 0 aliphatic carbocycles. The maximum Gasteiger partial charge on any atom is 0.270 e. The summed E-state index contributed by atoms with van der Waals surface area (Å²) in [6, 6.07) is 19.1. The Bertz CT molecular complexity index is 1340. The molecule has 1 N–H and O–H groups in total. The Balaban J connectivity index is 1.85. The molecule has 9 nitrogen and oxygen atoms in total. The number of nitrogens with one attached hydrogen (secondary N) is 1. The maximum atomic E-state index is 13.4. The van der Waals surface area contributed by atoms with Gasteiger partial charge in [-0.2, -0.15) is 5.10 Å². The van der Waals surface area contributed by atoms with E-state index in [9.17, 15) is 23.3 Å². The molecule has 3 aromatic carbocycles. The largest absolute Gasteiger partial charge is 0.271 e. The van der Waals surface area contributed by atoms with E-state index in [-0.39, 0.29) is 16.5 Å². The van der Waals surface area contributed by atoms with Gasteiger partial charge in [0.25, 0.3) is 21.6 Å². The van der Waals surface area contributed by atoms with E-state index in [4.69, 9.17) is 0 Å². The molecule has 0 bridgehead atoms. The molecule has 0 spiro atoms. The topological polar surface area (TPSA) is 122 Å². The molecular formula is C25H26N4O5S. The van der Waals surface area contributed by atoms with Crippen molar-refractivity contribution >= 4 is 33.5 Å². The lowest BCUT2D eigenvalue weighted by Crippen LogP contribution is -2.39. The van der Waals surface area contributed by atoms with Gasteiger partial charge in [0.2, 0.25) is 0 Å². The minimum Gasteiger partial charge on any atom is -0.271 e. The quantitative estimate of drug-likeness (QED) is 0.269. The van der Waals surface area contributed by atoms with E-state index in [1.54, 1.807) is 30.3 Å². The number of amides is 1. The van der Waals surface area contributed by atoms with Crippen LogP contribution in [0, 0.1) is 17.0 Å². The van der Waals surface area contributed by atoms with Crippen molar-refractivity contribution in [3.63, 3.8) is 0 Å². The fraction of sp³-hybridized carbons (Fsp3) is 0.200. The Kier molecular flexibility index (Phi) is 7.98. The number of rotatable bonds is 9. The van der Waals surface area contributed by atoms with E-state index in [0.717, 1.165) is 15.4 Å². The summed E-state index contributed by atoms with van der Waals surface area (Å²) in [4.78, 5) is 23.1. The Morgan fingerprint density at radius 1 is 1.09 bits per heavy atom. The highest BCUT2D eigenvalue weighted by Gasteiger charge is 2.27. The summed E-state index contributed by atoms with van der Waals surface area (Å²) in [7, 11) is -4.05. The van der Waals surface area contributed by atoms with Crippen molar-refractivity contribution in [2.45, 2.75) is 31.6 Å². The van der Waals surface area contributed by atoms with Crippen LogP contribution in [-0.4, -0.2) is 32.0 Å². The van der Waals surface area contributed by atoms with Gasteiger partial charge in [0.05, 0.1) is 21.7 Å². The van der Waals surface area contributed by atoms with Crippen molar-refractivity contribution in [1.82, 2.24) is 5.43 Å². The van der Waals surface area contributed by atoms with E-state index in [2.05, 4.69) is 10.5 Å². The number of benzene rings is 3. The lowest BCUT2D eigenvalue weighted by atomic mass is 10.0. The van der Waals surface area contributed by atoms with Gasteiger partial charge in [0.1, 0.15) is 6.54 Å². The number of nitro benzene ring substituents is 1. The smallest absolute Gasteiger partial charge is 0.270 e. The lowest BCUT2D eigenvalue weighted by molar-refractivity contribution is -0.384. The van der Waals surface area contributed by atoms with Crippen LogP contribution in [-0.2, 0) is 14.8 Å². The molecule has 0 saturated heterocycles. The molecule has 0 unspecified atom stereocenters. The molecule has 1 amide bonds. The number of aryl methyl sites for hydroxylation is 1. The Labute approximate surface area is 204 Å². The van der Waals surface area contributed by atoms with Crippen LogP contribution in [0.2, 0.25) is 0 Å². The minimum absolute atomic E-state index is 0.0592. The number of hydrazone groups is 1. The second-order valence-electron chi connectivity index (χ2n) is 8.22. The molecule has 0 fully saturated rings. The first-order valence-corrected chi connectivity index (χ1v) is 12.3. The number of nitrogens with zero attached hydrogens (tertiary/aromatic N) is 3. The third-order valence-corrected chi connectivity index (χ3v) is 7.02. The third kappa shape index (κ3) is 6.51. The van der Waals surface area contributed by atoms with E-state index in [0.29, 0.717) is 11.3 Å². The molecule has 0 atom stereocenters. The van der Waals surface area contributed by atoms with E-state index in [1.165, 1.54) is 36.5 Å². The fourth-order valence-electron chi connectivity index (χ4n) is 3.24. The molecule has 182 valence electrons. The predicted octanol–water partition coefficient (Wildman–Crippen LogP) is 4.37. The van der Waals surface area contributed by atoms with Crippen molar-refractivity contribution in [3.8, 4) is 0 Å². The highest BCUT2D eigenvalue weighted by Crippen LogP contribution is 2.26. The van der Waals surface area contributed by atoms with Crippen LogP contribution < -0.4 is 9.73 Å². The van der Waals surface area contributed by atoms with Gasteiger partial charge in [0.15, 0.2) is 0 Å². The van der Waals surface area contributed by atoms with Gasteiger partial charge in [-0.15, -0.1) is 0 Å². The van der Waals surface area contributed by atoms with Crippen LogP contribution in [0.3, 0.4) is 0 Å². The zero-order valence-electron chi connectivity index (χ0n) is 19.6. The summed E-state index contributed by atoms with van der Waals surface area (Å²) < 4.78 is 27.9. The second-order valence-corrected chi connectivity index (χ2v) is 10.1. The van der Waals surface area contributed by atoms with E-state index >= 15 is 0 Å². The number of carbonyl (C=O) groups excluding carboxylic acids is 1. The number of hydrogen-bond donors (Lipinski definition) is 1.